The molecule has 11 aromatic rings. The molecule has 4 heteroatoms. The number of hydrogen-bond acceptors (Lipinski definition) is 2. The minimum absolute atomic E-state index is 0.886. The molecule has 4 heterocycles. The molecular weight excluding hydrogens is 574 g/mol. The Morgan fingerprint density at radius 3 is 2.02 bits per heavy atom. The first-order valence-electron chi connectivity index (χ1n) is 16.1. The van der Waals surface area contributed by atoms with Gasteiger partial charge in [0.2, 0.25) is 0 Å². The first-order chi connectivity index (χ1) is 23.3. The lowest BCUT2D eigenvalue weighted by molar-refractivity contribution is 0.669. The molecule has 216 valence electrons. The summed E-state index contributed by atoms with van der Waals surface area (Å²) in [6.07, 6.45) is 0. The van der Waals surface area contributed by atoms with Gasteiger partial charge in [0.1, 0.15) is 16.8 Å². The van der Waals surface area contributed by atoms with Gasteiger partial charge >= 0.3 is 0 Å². The Kier molecular flexibility index (Phi) is 4.20. The van der Waals surface area contributed by atoms with Crippen molar-refractivity contribution in [3.63, 3.8) is 0 Å². The molecule has 0 bridgehead atoms. The highest BCUT2D eigenvalue weighted by Crippen LogP contribution is 2.50. The number of nitrogens with zero attached hydrogens (tertiary/aromatic N) is 3. The normalized spacial score (nSPS) is 12.7. The van der Waals surface area contributed by atoms with E-state index in [1.54, 1.807) is 0 Å². The summed E-state index contributed by atoms with van der Waals surface area (Å²) in [7, 11) is 0. The van der Waals surface area contributed by atoms with Crippen molar-refractivity contribution in [3.8, 4) is 27.9 Å². The van der Waals surface area contributed by atoms with Crippen molar-refractivity contribution in [2.75, 3.05) is 0 Å². The summed E-state index contributed by atoms with van der Waals surface area (Å²) in [5, 5.41) is 8.27. The largest absolute Gasteiger partial charge is 0.456 e. The number of hydrogen-bond donors (Lipinski definition) is 0. The first-order valence-corrected chi connectivity index (χ1v) is 16.1. The zero-order chi connectivity index (χ0) is 30.4. The van der Waals surface area contributed by atoms with Crippen LogP contribution in [0.15, 0.2) is 144 Å². The third-order valence-corrected chi connectivity index (χ3v) is 10.4. The van der Waals surface area contributed by atoms with Crippen LogP contribution in [0.5, 0.6) is 0 Å². The topological polar surface area (TPSA) is 35.4 Å². The Bertz CT molecular complexity index is 3160. The van der Waals surface area contributed by atoms with E-state index in [9.17, 15) is 0 Å². The van der Waals surface area contributed by atoms with Crippen LogP contribution >= 0.6 is 0 Å². The number of fused-ring (bicyclic) bond motifs is 17. The molecule has 47 heavy (non-hydrogen) atoms. The van der Waals surface area contributed by atoms with Gasteiger partial charge in [-0.1, -0.05) is 103 Å². The molecule has 0 saturated carbocycles. The van der Waals surface area contributed by atoms with Crippen molar-refractivity contribution in [1.82, 2.24) is 14.0 Å². The van der Waals surface area contributed by atoms with Crippen molar-refractivity contribution in [2.45, 2.75) is 0 Å². The van der Waals surface area contributed by atoms with E-state index in [-0.39, 0.29) is 0 Å². The summed E-state index contributed by atoms with van der Waals surface area (Å²) in [6.45, 7) is 0. The van der Waals surface area contributed by atoms with Crippen LogP contribution in [0.1, 0.15) is 0 Å². The van der Waals surface area contributed by atoms with Crippen molar-refractivity contribution < 1.29 is 4.42 Å². The van der Waals surface area contributed by atoms with Gasteiger partial charge in [-0.25, -0.2) is 4.98 Å². The zero-order valence-corrected chi connectivity index (χ0v) is 25.0. The Morgan fingerprint density at radius 2 is 1.13 bits per heavy atom. The molecule has 0 saturated heterocycles. The van der Waals surface area contributed by atoms with Crippen LogP contribution in [0, 0.1) is 0 Å². The number of aromatic nitrogens is 3. The second-order valence-electron chi connectivity index (χ2n) is 12.7. The number of imidazole rings is 1. The van der Waals surface area contributed by atoms with Gasteiger partial charge in [-0.15, -0.1) is 0 Å². The van der Waals surface area contributed by atoms with E-state index >= 15 is 0 Å². The van der Waals surface area contributed by atoms with Crippen LogP contribution in [0.25, 0.3) is 110 Å². The second-order valence-corrected chi connectivity index (χ2v) is 12.7. The van der Waals surface area contributed by atoms with Gasteiger partial charge in [0.05, 0.1) is 38.7 Å². The van der Waals surface area contributed by atoms with Gasteiger partial charge in [-0.05, 0) is 64.0 Å². The van der Waals surface area contributed by atoms with Crippen molar-refractivity contribution in [2.24, 2.45) is 0 Å². The summed E-state index contributed by atoms with van der Waals surface area (Å²) in [5.74, 6) is 0. The predicted octanol–water partition coefficient (Wildman–Crippen LogP) is 11.4. The summed E-state index contributed by atoms with van der Waals surface area (Å²) in [4.78, 5) is 5.22. The molecule has 0 aliphatic heterocycles. The molecule has 0 atom stereocenters. The second kappa shape index (κ2) is 8.25. The van der Waals surface area contributed by atoms with Crippen molar-refractivity contribution >= 4 is 82.1 Å². The van der Waals surface area contributed by atoms with Gasteiger partial charge in [-0.3, -0.25) is 4.40 Å². The van der Waals surface area contributed by atoms with Gasteiger partial charge in [0.25, 0.3) is 0 Å². The van der Waals surface area contributed by atoms with E-state index in [1.807, 2.05) is 6.07 Å². The molecule has 0 unspecified atom stereocenters. The Hall–Kier alpha value is -6.39. The van der Waals surface area contributed by atoms with Crippen LogP contribution in [0.3, 0.4) is 0 Å². The fourth-order valence-electron chi connectivity index (χ4n) is 8.59. The maximum absolute atomic E-state index is 6.52. The third kappa shape index (κ3) is 2.79. The van der Waals surface area contributed by atoms with Gasteiger partial charge in [0, 0.05) is 26.9 Å². The lowest BCUT2D eigenvalue weighted by Crippen LogP contribution is -1.98. The van der Waals surface area contributed by atoms with Crippen LogP contribution < -0.4 is 0 Å². The van der Waals surface area contributed by atoms with Crippen LogP contribution in [-0.2, 0) is 0 Å². The monoisotopic (exact) mass is 597 g/mol. The lowest BCUT2D eigenvalue weighted by Gasteiger charge is -2.15. The molecule has 1 aliphatic rings. The average Bonchev–Trinajstić information content (AvgIpc) is 3.87. The molecule has 4 nitrogen and oxygen atoms in total. The minimum Gasteiger partial charge on any atom is -0.456 e. The maximum Gasteiger partial charge on any atom is 0.146 e. The predicted molar refractivity (Wildman–Crippen MR) is 194 cm³/mol. The summed E-state index contributed by atoms with van der Waals surface area (Å²) >= 11 is 0. The van der Waals surface area contributed by atoms with Crippen LogP contribution in [-0.4, -0.2) is 14.0 Å². The Labute approximate surface area is 267 Å². The van der Waals surface area contributed by atoms with E-state index in [0.29, 0.717) is 0 Å². The Balaban J connectivity index is 1.40. The molecule has 4 aromatic heterocycles. The maximum atomic E-state index is 6.52. The summed E-state index contributed by atoms with van der Waals surface area (Å²) in [6, 6.07) is 50.3. The number of para-hydroxylation sites is 3. The van der Waals surface area contributed by atoms with E-state index in [4.69, 9.17) is 9.40 Å². The number of furan rings is 1. The molecule has 0 N–H and O–H groups in total. The molecule has 0 spiro atoms. The fourth-order valence-corrected chi connectivity index (χ4v) is 8.59. The quantitative estimate of drug-likeness (QED) is 0.189. The van der Waals surface area contributed by atoms with E-state index < -0.39 is 0 Å². The highest BCUT2D eigenvalue weighted by Gasteiger charge is 2.27. The molecule has 7 aromatic carbocycles. The number of rotatable bonds is 1. The van der Waals surface area contributed by atoms with Gasteiger partial charge in [0.15, 0.2) is 0 Å². The third-order valence-electron chi connectivity index (χ3n) is 10.4. The molecule has 0 radical (unpaired) electrons. The van der Waals surface area contributed by atoms with Crippen molar-refractivity contribution in [3.05, 3.63) is 140 Å². The van der Waals surface area contributed by atoms with E-state index in [1.165, 1.54) is 49.3 Å². The number of benzene rings is 7. The molecule has 0 fully saturated rings. The zero-order valence-electron chi connectivity index (χ0n) is 25.0. The minimum atomic E-state index is 0.886. The van der Waals surface area contributed by atoms with E-state index in [0.717, 1.165) is 60.7 Å². The fraction of sp³-hybridized carbons (Fsp3) is 0. The SMILES string of the molecule is c1ccc2c(c1)-c1cccc3c(-n4c5c(ccc6oc7ccccc7c65)c5c4c4ccccc4c4nc6ccccc6n45)ccc-2c13. The summed E-state index contributed by atoms with van der Waals surface area (Å²) < 4.78 is 11.4. The first kappa shape index (κ1) is 23.9. The van der Waals surface area contributed by atoms with Gasteiger partial charge in [-0.2, -0.15) is 0 Å². The molecular formula is C43H23N3O. The molecule has 0 amide bonds. The van der Waals surface area contributed by atoms with Crippen molar-refractivity contribution in [1.29, 1.82) is 0 Å². The average molecular weight is 598 g/mol. The number of pyridine rings is 1. The highest BCUT2D eigenvalue weighted by atomic mass is 16.3. The molecule has 12 rings (SSSR count). The standard InChI is InChI=1S/C43H23N3O/c1-2-11-25-24(10-1)26-15-9-16-30-34(22-20-27(25)38(26)30)45-40-32(21-23-37-39(40)31-14-5-8-19-36(31)47-37)42-41(45)28-12-3-4-13-29(28)43-44-33-17-6-7-18-35(33)46(42)43/h1-23H. The van der Waals surface area contributed by atoms with Crippen LogP contribution in [0.4, 0.5) is 0 Å². The van der Waals surface area contributed by atoms with Gasteiger partial charge < -0.3 is 8.98 Å². The van der Waals surface area contributed by atoms with E-state index in [2.05, 4.69) is 142 Å². The van der Waals surface area contributed by atoms with Crippen LogP contribution in [0.2, 0.25) is 0 Å². The Morgan fingerprint density at radius 1 is 0.426 bits per heavy atom. The smallest absolute Gasteiger partial charge is 0.146 e. The summed E-state index contributed by atoms with van der Waals surface area (Å²) in [5.41, 5.74) is 14.7. The highest BCUT2D eigenvalue weighted by molar-refractivity contribution is 6.29. The molecule has 1 aliphatic carbocycles. The lowest BCUT2D eigenvalue weighted by atomic mass is 10.0.